The lowest BCUT2D eigenvalue weighted by molar-refractivity contribution is 0.621. The van der Waals surface area contributed by atoms with E-state index in [1.807, 2.05) is 0 Å². The summed E-state index contributed by atoms with van der Waals surface area (Å²) >= 11 is 3.09. The summed E-state index contributed by atoms with van der Waals surface area (Å²) in [4.78, 5) is 1.65. The first kappa shape index (κ1) is 12.3. The Hall–Kier alpha value is -1.75. The zero-order valence-corrected chi connectivity index (χ0v) is 11.3. The molecule has 0 saturated heterocycles. The molecule has 0 bridgehead atoms. The van der Waals surface area contributed by atoms with Crippen molar-refractivity contribution in [3.63, 3.8) is 0 Å². The molecule has 96 valence electrons. The topological polar surface area (TPSA) is 27.1 Å². The number of nitrogens with one attached hydrogen (secondary N) is 1. The molecule has 0 aromatic heterocycles. The van der Waals surface area contributed by atoms with Gasteiger partial charge in [0.25, 0.3) is 0 Å². The second kappa shape index (κ2) is 4.42. The van der Waals surface area contributed by atoms with Crippen molar-refractivity contribution in [2.24, 2.45) is 0 Å². The van der Waals surface area contributed by atoms with Crippen LogP contribution in [0.4, 0.5) is 14.5 Å². The third-order valence-corrected chi connectivity index (χ3v) is 3.78. The van der Waals surface area contributed by atoms with Crippen LogP contribution in [0.1, 0.15) is 11.1 Å². The highest BCUT2D eigenvalue weighted by molar-refractivity contribution is 9.10. The smallest absolute Gasteiger partial charge is 0.139 e. The number of benzene rings is 2. The predicted molar refractivity (Wildman–Crippen MR) is 73.5 cm³/mol. The molecular weight excluding hydrogens is 314 g/mol. The van der Waals surface area contributed by atoms with Crippen LogP contribution >= 0.6 is 15.9 Å². The SMILES string of the molecule is N=C1c2cc(F)ccc2CN1c1ccc(Br)c(F)c1. The van der Waals surface area contributed by atoms with Crippen molar-refractivity contribution in [3.05, 3.63) is 63.6 Å². The van der Waals surface area contributed by atoms with Crippen molar-refractivity contribution in [1.82, 2.24) is 0 Å². The van der Waals surface area contributed by atoms with Gasteiger partial charge in [0.15, 0.2) is 0 Å². The fraction of sp³-hybridized carbons (Fsp3) is 0.0714. The summed E-state index contributed by atoms with van der Waals surface area (Å²) < 4.78 is 27.1. The molecule has 0 aliphatic carbocycles. The molecule has 5 heteroatoms. The Morgan fingerprint density at radius 3 is 2.63 bits per heavy atom. The van der Waals surface area contributed by atoms with E-state index in [1.165, 1.54) is 18.2 Å². The summed E-state index contributed by atoms with van der Waals surface area (Å²) in [5, 5.41) is 8.07. The molecular formula is C14H9BrF2N2. The Balaban J connectivity index is 2.01. The second-order valence-corrected chi connectivity index (χ2v) is 5.19. The van der Waals surface area contributed by atoms with Crippen molar-refractivity contribution in [1.29, 1.82) is 5.41 Å². The molecule has 3 rings (SSSR count). The van der Waals surface area contributed by atoms with Gasteiger partial charge in [0.05, 0.1) is 11.0 Å². The first-order valence-corrected chi connectivity index (χ1v) is 6.45. The van der Waals surface area contributed by atoms with E-state index in [-0.39, 0.29) is 17.5 Å². The number of rotatable bonds is 1. The lowest BCUT2D eigenvalue weighted by Gasteiger charge is -2.18. The summed E-state index contributed by atoms with van der Waals surface area (Å²) in [6.45, 7) is 0.454. The van der Waals surface area contributed by atoms with Gasteiger partial charge in [-0.05, 0) is 51.8 Å². The number of nitrogens with zero attached hydrogens (tertiary/aromatic N) is 1. The second-order valence-electron chi connectivity index (χ2n) is 4.33. The maximum Gasteiger partial charge on any atom is 0.139 e. The van der Waals surface area contributed by atoms with Crippen LogP contribution in [0.5, 0.6) is 0 Å². The van der Waals surface area contributed by atoms with Crippen LogP contribution < -0.4 is 4.90 Å². The van der Waals surface area contributed by atoms with Gasteiger partial charge in [-0.25, -0.2) is 8.78 Å². The van der Waals surface area contributed by atoms with E-state index in [4.69, 9.17) is 5.41 Å². The molecule has 2 nitrogen and oxygen atoms in total. The lowest BCUT2D eigenvalue weighted by atomic mass is 10.1. The standard InChI is InChI=1S/C14H9BrF2N2/c15-12-4-3-10(6-13(12)17)19-7-8-1-2-9(16)5-11(8)14(19)18/h1-6,18H,7H2. The third kappa shape index (κ3) is 2.04. The molecule has 0 amide bonds. The first-order chi connectivity index (χ1) is 9.06. The molecule has 1 heterocycles. The van der Waals surface area contributed by atoms with Crippen LogP contribution in [0, 0.1) is 17.0 Å². The van der Waals surface area contributed by atoms with Crippen LogP contribution in [0.3, 0.4) is 0 Å². The lowest BCUT2D eigenvalue weighted by Crippen LogP contribution is -2.23. The van der Waals surface area contributed by atoms with Gasteiger partial charge in [0.1, 0.15) is 17.5 Å². The molecule has 0 spiro atoms. The zero-order chi connectivity index (χ0) is 13.6. The fourth-order valence-corrected chi connectivity index (χ4v) is 2.42. The summed E-state index contributed by atoms with van der Waals surface area (Å²) in [6.07, 6.45) is 0. The van der Waals surface area contributed by atoms with Gasteiger partial charge in [0.2, 0.25) is 0 Å². The van der Waals surface area contributed by atoms with Crippen LogP contribution in [-0.4, -0.2) is 5.84 Å². The number of fused-ring (bicyclic) bond motifs is 1. The van der Waals surface area contributed by atoms with Gasteiger partial charge < -0.3 is 4.90 Å². The van der Waals surface area contributed by atoms with Gasteiger partial charge >= 0.3 is 0 Å². The van der Waals surface area contributed by atoms with Gasteiger partial charge in [-0.15, -0.1) is 0 Å². The quantitative estimate of drug-likeness (QED) is 0.841. The van der Waals surface area contributed by atoms with Gasteiger partial charge in [-0.2, -0.15) is 0 Å². The minimum Gasteiger partial charge on any atom is -0.322 e. The normalized spacial score (nSPS) is 13.8. The number of hydrogen-bond donors (Lipinski definition) is 1. The largest absolute Gasteiger partial charge is 0.322 e. The van der Waals surface area contributed by atoms with Crippen molar-refractivity contribution in [2.45, 2.75) is 6.54 Å². The Morgan fingerprint density at radius 2 is 1.89 bits per heavy atom. The number of amidine groups is 1. The fourth-order valence-electron chi connectivity index (χ4n) is 2.18. The highest BCUT2D eigenvalue weighted by Gasteiger charge is 2.26. The Labute approximate surface area is 117 Å². The average molecular weight is 323 g/mol. The maximum atomic E-state index is 13.5. The Kier molecular flexibility index (Phi) is 2.86. The summed E-state index contributed by atoms with van der Waals surface area (Å²) in [5.41, 5.74) is 2.01. The molecule has 2 aromatic rings. The highest BCUT2D eigenvalue weighted by atomic mass is 79.9. The van der Waals surface area contributed by atoms with E-state index in [0.29, 0.717) is 22.3 Å². The summed E-state index contributed by atoms with van der Waals surface area (Å²) in [6, 6.07) is 9.06. The van der Waals surface area contributed by atoms with Crippen LogP contribution in [0.25, 0.3) is 0 Å². The Bertz CT molecular complexity index is 685. The molecule has 1 N–H and O–H groups in total. The Morgan fingerprint density at radius 1 is 1.11 bits per heavy atom. The molecule has 19 heavy (non-hydrogen) atoms. The molecule has 0 unspecified atom stereocenters. The third-order valence-electron chi connectivity index (χ3n) is 3.14. The predicted octanol–water partition coefficient (Wildman–Crippen LogP) is 4.07. The number of halogens is 3. The van der Waals surface area contributed by atoms with E-state index in [0.717, 1.165) is 5.56 Å². The average Bonchev–Trinajstić information content (AvgIpc) is 2.70. The van der Waals surface area contributed by atoms with Gasteiger partial charge in [-0.1, -0.05) is 6.07 Å². The van der Waals surface area contributed by atoms with Crippen LogP contribution in [-0.2, 0) is 6.54 Å². The molecule has 0 fully saturated rings. The zero-order valence-electron chi connectivity index (χ0n) is 9.75. The van der Waals surface area contributed by atoms with E-state index in [9.17, 15) is 8.78 Å². The van der Waals surface area contributed by atoms with E-state index < -0.39 is 0 Å². The van der Waals surface area contributed by atoms with E-state index in [1.54, 1.807) is 23.1 Å². The number of anilines is 1. The van der Waals surface area contributed by atoms with E-state index >= 15 is 0 Å². The summed E-state index contributed by atoms with van der Waals surface area (Å²) in [5.74, 6) is -0.559. The molecule has 0 radical (unpaired) electrons. The van der Waals surface area contributed by atoms with Crippen LogP contribution in [0.15, 0.2) is 40.9 Å². The molecule has 1 aliphatic rings. The van der Waals surface area contributed by atoms with Gasteiger partial charge in [-0.3, -0.25) is 5.41 Å². The highest BCUT2D eigenvalue weighted by Crippen LogP contribution is 2.30. The minimum atomic E-state index is -0.382. The minimum absolute atomic E-state index is 0.191. The first-order valence-electron chi connectivity index (χ1n) is 5.66. The van der Waals surface area contributed by atoms with Crippen molar-refractivity contribution >= 4 is 27.5 Å². The summed E-state index contributed by atoms with van der Waals surface area (Å²) in [7, 11) is 0. The molecule has 0 atom stereocenters. The molecule has 2 aromatic carbocycles. The monoisotopic (exact) mass is 322 g/mol. The van der Waals surface area contributed by atoms with E-state index in [2.05, 4.69) is 15.9 Å². The van der Waals surface area contributed by atoms with Crippen molar-refractivity contribution in [3.8, 4) is 0 Å². The number of hydrogen-bond acceptors (Lipinski definition) is 1. The van der Waals surface area contributed by atoms with Crippen molar-refractivity contribution < 1.29 is 8.78 Å². The molecule has 0 saturated carbocycles. The van der Waals surface area contributed by atoms with Gasteiger partial charge in [0, 0.05) is 11.3 Å². The molecule has 1 aliphatic heterocycles. The van der Waals surface area contributed by atoms with Crippen molar-refractivity contribution in [2.75, 3.05) is 4.90 Å². The maximum absolute atomic E-state index is 13.5. The van der Waals surface area contributed by atoms with Crippen LogP contribution in [0.2, 0.25) is 0 Å².